The van der Waals surface area contributed by atoms with E-state index in [0.717, 1.165) is 0 Å². The van der Waals surface area contributed by atoms with Gasteiger partial charge in [0.15, 0.2) is 0 Å². The molecule has 0 aromatic heterocycles. The largest absolute Gasteiger partial charge is 0.353 e. The molecule has 0 saturated heterocycles. The summed E-state index contributed by atoms with van der Waals surface area (Å²) >= 11 is 0. The molecule has 0 atom stereocenters. The molecule has 20 heavy (non-hydrogen) atoms. The lowest BCUT2D eigenvalue weighted by atomic mass is 10.2. The molecule has 0 aliphatic heterocycles. The lowest BCUT2D eigenvalue weighted by Crippen LogP contribution is -2.46. The summed E-state index contributed by atoms with van der Waals surface area (Å²) in [6, 6.07) is 5.81. The Morgan fingerprint density at radius 1 is 1.40 bits per heavy atom. The van der Waals surface area contributed by atoms with Crippen LogP contribution < -0.4 is 21.2 Å². The van der Waals surface area contributed by atoms with Crippen LogP contribution >= 0.6 is 0 Å². The van der Waals surface area contributed by atoms with Gasteiger partial charge in [-0.2, -0.15) is 0 Å². The highest BCUT2D eigenvalue weighted by Crippen LogP contribution is 2.10. The topological polar surface area (TPSA) is 127 Å². The van der Waals surface area contributed by atoms with Crippen molar-refractivity contribution in [2.45, 2.75) is 24.8 Å². The van der Waals surface area contributed by atoms with Crippen molar-refractivity contribution in [3.63, 3.8) is 0 Å². The molecule has 0 unspecified atom stereocenters. The third-order valence-corrected chi connectivity index (χ3v) is 3.75. The molecular formula is C12H19N4O3S+. The molecule has 0 spiro atoms. The monoisotopic (exact) mass is 299 g/mol. The summed E-state index contributed by atoms with van der Waals surface area (Å²) in [5.74, 6) is -0.371. The standard InChI is InChI=1S/C12H18N4O3S/c1-8(2)16-11(17)7-15-20(18,19)10-5-3-4-9(6-10)12(13)14/h3-6,8,15H,7H2,1-2H3,(H3,13,14)(H,16,17)/p+1. The van der Waals surface area contributed by atoms with Crippen molar-refractivity contribution in [1.29, 1.82) is 0 Å². The van der Waals surface area contributed by atoms with Crippen LogP contribution in [0.1, 0.15) is 19.4 Å². The predicted molar refractivity (Wildman–Crippen MR) is 75.1 cm³/mol. The molecule has 7 nitrogen and oxygen atoms in total. The zero-order valence-electron chi connectivity index (χ0n) is 11.4. The maximum absolute atomic E-state index is 12.0. The highest BCUT2D eigenvalue weighted by molar-refractivity contribution is 7.89. The molecule has 1 aromatic rings. The molecule has 0 aliphatic rings. The Bertz CT molecular complexity index is 611. The van der Waals surface area contributed by atoms with Gasteiger partial charge >= 0.3 is 0 Å². The first-order valence-electron chi connectivity index (χ1n) is 5.99. The van der Waals surface area contributed by atoms with Crippen LogP contribution in [0.25, 0.3) is 0 Å². The minimum atomic E-state index is -3.78. The van der Waals surface area contributed by atoms with Crippen molar-refractivity contribution in [1.82, 2.24) is 10.0 Å². The summed E-state index contributed by atoms with van der Waals surface area (Å²) < 4.78 is 26.2. The smallest absolute Gasteiger partial charge is 0.270 e. The molecule has 110 valence electrons. The Morgan fingerprint density at radius 2 is 2.05 bits per heavy atom. The first-order valence-corrected chi connectivity index (χ1v) is 7.48. The van der Waals surface area contributed by atoms with E-state index in [1.54, 1.807) is 19.9 Å². The van der Waals surface area contributed by atoms with E-state index in [-0.39, 0.29) is 23.3 Å². The van der Waals surface area contributed by atoms with Crippen molar-refractivity contribution in [3.8, 4) is 0 Å². The van der Waals surface area contributed by atoms with Gasteiger partial charge < -0.3 is 5.32 Å². The maximum atomic E-state index is 12.0. The van der Waals surface area contributed by atoms with Gasteiger partial charge in [-0.05, 0) is 32.0 Å². The van der Waals surface area contributed by atoms with Gasteiger partial charge in [0.25, 0.3) is 5.84 Å². The number of benzene rings is 1. The number of carbonyl (C=O) groups is 1. The van der Waals surface area contributed by atoms with Gasteiger partial charge in [0.1, 0.15) is 0 Å². The molecular weight excluding hydrogens is 280 g/mol. The van der Waals surface area contributed by atoms with E-state index >= 15 is 0 Å². The van der Waals surface area contributed by atoms with E-state index in [9.17, 15) is 13.2 Å². The molecule has 8 heteroatoms. The first kappa shape index (κ1) is 16.1. The van der Waals surface area contributed by atoms with Crippen LogP contribution in [0.5, 0.6) is 0 Å². The summed E-state index contributed by atoms with van der Waals surface area (Å²) in [6.45, 7) is 3.25. The van der Waals surface area contributed by atoms with Crippen molar-refractivity contribution >= 4 is 21.8 Å². The number of hydrogen-bond acceptors (Lipinski definition) is 3. The molecule has 0 heterocycles. The molecule has 6 N–H and O–H groups in total. The quantitative estimate of drug-likeness (QED) is 0.356. The summed E-state index contributed by atoms with van der Waals surface area (Å²) in [5.41, 5.74) is 5.83. The second kappa shape index (κ2) is 6.49. The number of hydrogen-bond donors (Lipinski definition) is 4. The molecule has 1 aromatic carbocycles. The average Bonchev–Trinajstić information content (AvgIpc) is 2.36. The second-order valence-electron chi connectivity index (χ2n) is 4.53. The van der Waals surface area contributed by atoms with Crippen LogP contribution in [0, 0.1) is 0 Å². The maximum Gasteiger partial charge on any atom is 0.270 e. The van der Waals surface area contributed by atoms with E-state index < -0.39 is 15.9 Å². The number of sulfonamides is 1. The Morgan fingerprint density at radius 3 is 2.60 bits per heavy atom. The van der Waals surface area contributed by atoms with Gasteiger partial charge in [0.05, 0.1) is 17.0 Å². The molecule has 0 saturated carbocycles. The van der Waals surface area contributed by atoms with E-state index in [1.165, 1.54) is 18.2 Å². The van der Waals surface area contributed by atoms with Crippen LogP contribution in [0.3, 0.4) is 0 Å². The number of rotatable bonds is 6. The van der Waals surface area contributed by atoms with Gasteiger partial charge in [-0.1, -0.05) is 6.07 Å². The number of amidine groups is 1. The van der Waals surface area contributed by atoms with Crippen molar-refractivity contribution in [2.24, 2.45) is 5.73 Å². The number of carbonyl (C=O) groups excluding carboxylic acids is 1. The van der Waals surface area contributed by atoms with Gasteiger partial charge in [-0.3, -0.25) is 15.9 Å². The Kier molecular flexibility index (Phi) is 5.23. The Labute approximate surface area is 118 Å². The van der Waals surface area contributed by atoms with Crippen molar-refractivity contribution in [2.75, 3.05) is 6.54 Å². The fourth-order valence-electron chi connectivity index (χ4n) is 1.46. The fraction of sp³-hybridized carbons (Fsp3) is 0.333. The van der Waals surface area contributed by atoms with Crippen molar-refractivity contribution in [3.05, 3.63) is 29.8 Å². The van der Waals surface area contributed by atoms with Crippen LogP contribution in [0.2, 0.25) is 0 Å². The summed E-state index contributed by atoms with van der Waals surface area (Å²) in [6.07, 6.45) is 0. The zero-order valence-corrected chi connectivity index (χ0v) is 12.2. The lowest BCUT2D eigenvalue weighted by molar-refractivity contribution is -0.120. The third kappa shape index (κ3) is 4.63. The molecule has 0 fully saturated rings. The number of nitrogens with one attached hydrogen (secondary N) is 2. The molecule has 0 bridgehead atoms. The third-order valence-electron chi connectivity index (χ3n) is 2.35. The Balaban J connectivity index is 2.81. The van der Waals surface area contributed by atoms with Crippen LogP contribution in [-0.4, -0.2) is 32.7 Å². The zero-order chi connectivity index (χ0) is 15.3. The van der Waals surface area contributed by atoms with Crippen LogP contribution in [0.4, 0.5) is 0 Å². The average molecular weight is 299 g/mol. The SMILES string of the molecule is CC(C)NC(=O)CNS(=O)(=O)c1cccc(C(N)=[NH2+])c1. The minimum absolute atomic E-state index is 0.000692. The van der Waals surface area contributed by atoms with Crippen molar-refractivity contribution < 1.29 is 18.6 Å². The summed E-state index contributed by atoms with van der Waals surface area (Å²) in [4.78, 5) is 11.4. The van der Waals surface area contributed by atoms with Crippen LogP contribution in [-0.2, 0) is 14.8 Å². The molecule has 1 amide bonds. The van der Waals surface area contributed by atoms with Gasteiger partial charge in [0.2, 0.25) is 15.9 Å². The minimum Gasteiger partial charge on any atom is -0.353 e. The van der Waals surface area contributed by atoms with E-state index in [1.807, 2.05) is 0 Å². The Hall–Kier alpha value is -1.93. The number of nitrogens with two attached hydrogens (primary N) is 2. The van der Waals surface area contributed by atoms with Crippen LogP contribution in [0.15, 0.2) is 29.2 Å². The molecule has 1 rings (SSSR count). The number of amides is 1. The van der Waals surface area contributed by atoms with Gasteiger partial charge in [-0.25, -0.2) is 13.1 Å². The van der Waals surface area contributed by atoms with Gasteiger partial charge in [-0.15, -0.1) is 0 Å². The summed E-state index contributed by atoms with van der Waals surface area (Å²) in [7, 11) is -3.78. The second-order valence-corrected chi connectivity index (χ2v) is 6.30. The van der Waals surface area contributed by atoms with E-state index in [0.29, 0.717) is 5.56 Å². The highest BCUT2D eigenvalue weighted by Gasteiger charge is 2.17. The van der Waals surface area contributed by atoms with E-state index in [2.05, 4.69) is 10.0 Å². The molecule has 0 radical (unpaired) electrons. The summed E-state index contributed by atoms with van der Waals surface area (Å²) in [5, 5.41) is 8.00. The fourth-order valence-corrected chi connectivity index (χ4v) is 2.49. The first-order chi connectivity index (χ1) is 9.22. The van der Waals surface area contributed by atoms with E-state index in [4.69, 9.17) is 11.1 Å². The normalized spacial score (nSPS) is 11.3. The van der Waals surface area contributed by atoms with Gasteiger partial charge in [0, 0.05) is 6.04 Å². The molecule has 0 aliphatic carbocycles. The predicted octanol–water partition coefficient (Wildman–Crippen LogP) is -2.05. The lowest BCUT2D eigenvalue weighted by Gasteiger charge is -2.10. The highest BCUT2D eigenvalue weighted by atomic mass is 32.2.